The quantitative estimate of drug-likeness (QED) is 0.367. The van der Waals surface area contributed by atoms with Gasteiger partial charge in [-0.05, 0) is 48.0 Å². The molecule has 0 aliphatic rings. The average Bonchev–Trinajstić information content (AvgIpc) is 2.78. The summed E-state index contributed by atoms with van der Waals surface area (Å²) in [5.74, 6) is -1.13. The first-order valence-corrected chi connectivity index (χ1v) is 9.88. The molecule has 6 nitrogen and oxygen atoms in total. The number of hydrogen-bond donors (Lipinski definition) is 2. The molecule has 0 fully saturated rings. The third-order valence-electron chi connectivity index (χ3n) is 4.20. The van der Waals surface area contributed by atoms with Crippen LogP contribution in [0, 0.1) is 0 Å². The molecule has 0 aromatic heterocycles. The van der Waals surface area contributed by atoms with Gasteiger partial charge < -0.3 is 10.1 Å². The predicted molar refractivity (Wildman–Crippen MR) is 119 cm³/mol. The Morgan fingerprint density at radius 1 is 1.00 bits per heavy atom. The van der Waals surface area contributed by atoms with E-state index in [0.29, 0.717) is 21.8 Å². The molecule has 0 bridgehead atoms. The van der Waals surface area contributed by atoms with Gasteiger partial charge in [0.1, 0.15) is 5.75 Å². The van der Waals surface area contributed by atoms with Gasteiger partial charge in [-0.1, -0.05) is 41.9 Å². The minimum Gasteiger partial charge on any atom is -0.484 e. The summed E-state index contributed by atoms with van der Waals surface area (Å²) in [6.07, 6.45) is -3.17. The molecule has 2 N–H and O–H groups in total. The highest BCUT2D eigenvalue weighted by molar-refractivity contribution is 6.34. The molecule has 33 heavy (non-hydrogen) atoms. The largest absolute Gasteiger partial charge is 0.484 e. The number of alkyl halides is 3. The van der Waals surface area contributed by atoms with Crippen molar-refractivity contribution < 1.29 is 27.5 Å². The highest BCUT2D eigenvalue weighted by Crippen LogP contribution is 2.31. The number of rotatable bonds is 7. The summed E-state index contributed by atoms with van der Waals surface area (Å²) in [5.41, 5.74) is 2.73. The van der Waals surface area contributed by atoms with Gasteiger partial charge in [-0.3, -0.25) is 9.59 Å². The van der Waals surface area contributed by atoms with Crippen molar-refractivity contribution in [1.29, 1.82) is 0 Å². The van der Waals surface area contributed by atoms with Crippen molar-refractivity contribution in [2.75, 3.05) is 11.9 Å². The van der Waals surface area contributed by atoms with Crippen LogP contribution < -0.4 is 15.5 Å². The zero-order chi connectivity index (χ0) is 23.8. The lowest BCUT2D eigenvalue weighted by Crippen LogP contribution is -2.24. The van der Waals surface area contributed by atoms with E-state index in [2.05, 4.69) is 15.8 Å². The van der Waals surface area contributed by atoms with Gasteiger partial charge in [-0.2, -0.15) is 18.3 Å². The van der Waals surface area contributed by atoms with E-state index in [-0.39, 0.29) is 11.7 Å². The third kappa shape index (κ3) is 7.08. The van der Waals surface area contributed by atoms with Crippen molar-refractivity contribution >= 4 is 35.3 Å². The van der Waals surface area contributed by atoms with Gasteiger partial charge in [0.25, 0.3) is 11.8 Å². The Kier molecular flexibility index (Phi) is 7.68. The number of nitrogens with zero attached hydrogens (tertiary/aromatic N) is 1. The smallest absolute Gasteiger partial charge is 0.416 e. The zero-order valence-electron chi connectivity index (χ0n) is 16.9. The fourth-order valence-corrected chi connectivity index (χ4v) is 2.88. The van der Waals surface area contributed by atoms with E-state index >= 15 is 0 Å². The van der Waals surface area contributed by atoms with Crippen molar-refractivity contribution in [2.45, 2.75) is 6.18 Å². The van der Waals surface area contributed by atoms with Crippen molar-refractivity contribution in [3.8, 4) is 5.75 Å². The van der Waals surface area contributed by atoms with Gasteiger partial charge in [0.05, 0.1) is 22.4 Å². The lowest BCUT2D eigenvalue weighted by Gasteiger charge is -2.09. The monoisotopic (exact) mass is 475 g/mol. The van der Waals surface area contributed by atoms with Crippen LogP contribution in [0.2, 0.25) is 5.02 Å². The molecular weight excluding hydrogens is 459 g/mol. The first-order valence-electron chi connectivity index (χ1n) is 9.50. The Balaban J connectivity index is 1.53. The molecule has 0 spiro atoms. The van der Waals surface area contributed by atoms with Crippen LogP contribution >= 0.6 is 11.6 Å². The summed E-state index contributed by atoms with van der Waals surface area (Å²) in [5, 5.41) is 6.83. The minimum absolute atomic E-state index is 0.0917. The van der Waals surface area contributed by atoms with Crippen LogP contribution in [0.3, 0.4) is 0 Å². The number of benzene rings is 3. The fraction of sp³-hybridized carbons (Fsp3) is 0.0870. The second-order valence-corrected chi connectivity index (χ2v) is 7.07. The predicted octanol–water partition coefficient (Wildman–Crippen LogP) is 5.14. The van der Waals surface area contributed by atoms with E-state index in [4.69, 9.17) is 16.3 Å². The van der Waals surface area contributed by atoms with Crippen LogP contribution in [0.4, 0.5) is 18.9 Å². The number of amides is 2. The Morgan fingerprint density at radius 2 is 1.76 bits per heavy atom. The first kappa shape index (κ1) is 23.8. The van der Waals surface area contributed by atoms with Gasteiger partial charge in [0, 0.05) is 5.69 Å². The molecule has 0 aliphatic heterocycles. The Morgan fingerprint density at radius 3 is 2.52 bits per heavy atom. The molecule has 0 atom stereocenters. The summed E-state index contributed by atoms with van der Waals surface area (Å²) < 4.78 is 43.2. The summed E-state index contributed by atoms with van der Waals surface area (Å²) in [4.78, 5) is 24.2. The molecule has 0 radical (unpaired) electrons. The van der Waals surface area contributed by atoms with Crippen molar-refractivity contribution in [3.63, 3.8) is 0 Å². The maximum absolute atomic E-state index is 12.7. The number of anilines is 1. The second kappa shape index (κ2) is 10.6. The summed E-state index contributed by atoms with van der Waals surface area (Å²) in [6.45, 7) is -0.521. The van der Waals surface area contributed by atoms with Crippen LogP contribution in [0.15, 0.2) is 77.9 Å². The summed E-state index contributed by atoms with van der Waals surface area (Å²) in [6, 6.07) is 17.5. The SMILES string of the molecule is O=C(COc1cccc(C(F)(F)F)c1)N/N=C/c1cccc(NC(=O)c2ccccc2Cl)c1. The van der Waals surface area contributed by atoms with Crippen LogP contribution in [0.1, 0.15) is 21.5 Å². The molecule has 0 aliphatic carbocycles. The van der Waals surface area contributed by atoms with E-state index in [1.807, 2.05) is 0 Å². The van der Waals surface area contributed by atoms with E-state index in [1.54, 1.807) is 48.5 Å². The number of ether oxygens (including phenoxy) is 1. The molecule has 3 aromatic rings. The normalized spacial score (nSPS) is 11.3. The lowest BCUT2D eigenvalue weighted by molar-refractivity contribution is -0.137. The van der Waals surface area contributed by atoms with Gasteiger partial charge in [0.2, 0.25) is 0 Å². The second-order valence-electron chi connectivity index (χ2n) is 6.67. The van der Waals surface area contributed by atoms with E-state index in [0.717, 1.165) is 12.1 Å². The molecule has 0 saturated heterocycles. The first-order chi connectivity index (χ1) is 15.7. The van der Waals surface area contributed by atoms with Gasteiger partial charge >= 0.3 is 6.18 Å². The van der Waals surface area contributed by atoms with E-state index < -0.39 is 24.3 Å². The topological polar surface area (TPSA) is 79.8 Å². The average molecular weight is 476 g/mol. The number of nitrogens with one attached hydrogen (secondary N) is 2. The summed E-state index contributed by atoms with van der Waals surface area (Å²) >= 11 is 6.02. The standard InChI is InChI=1S/C23H17ClF3N3O3/c24-20-10-2-1-9-19(20)22(32)29-17-7-3-5-15(11-17)13-28-30-21(31)14-33-18-8-4-6-16(12-18)23(25,26)27/h1-13H,14H2,(H,29,32)(H,30,31)/b28-13+. The molecule has 3 rings (SSSR count). The van der Waals surface area contributed by atoms with Gasteiger partial charge in [-0.25, -0.2) is 5.43 Å². The number of hydrogen-bond acceptors (Lipinski definition) is 4. The molecule has 0 saturated carbocycles. The Hall–Kier alpha value is -3.85. The molecule has 0 unspecified atom stereocenters. The number of hydrazone groups is 1. The molecule has 10 heteroatoms. The van der Waals surface area contributed by atoms with Crippen LogP contribution in [0.5, 0.6) is 5.75 Å². The minimum atomic E-state index is -4.51. The molecule has 3 aromatic carbocycles. The van der Waals surface area contributed by atoms with Gasteiger partial charge in [0.15, 0.2) is 6.61 Å². The van der Waals surface area contributed by atoms with Crippen LogP contribution in [-0.2, 0) is 11.0 Å². The van der Waals surface area contributed by atoms with Crippen molar-refractivity contribution in [3.05, 3.63) is 94.5 Å². The van der Waals surface area contributed by atoms with E-state index in [9.17, 15) is 22.8 Å². The van der Waals surface area contributed by atoms with E-state index in [1.165, 1.54) is 18.3 Å². The van der Waals surface area contributed by atoms with Crippen molar-refractivity contribution in [1.82, 2.24) is 5.43 Å². The lowest BCUT2D eigenvalue weighted by atomic mass is 10.2. The highest BCUT2D eigenvalue weighted by atomic mass is 35.5. The third-order valence-corrected chi connectivity index (χ3v) is 4.53. The maximum atomic E-state index is 12.7. The van der Waals surface area contributed by atoms with Crippen molar-refractivity contribution in [2.24, 2.45) is 5.10 Å². The Bertz CT molecular complexity index is 1180. The molecule has 2 amide bonds. The maximum Gasteiger partial charge on any atom is 0.416 e. The Labute approximate surface area is 192 Å². The zero-order valence-corrected chi connectivity index (χ0v) is 17.7. The number of carbonyl (C=O) groups excluding carboxylic acids is 2. The van der Waals surface area contributed by atoms with Crippen LogP contribution in [0.25, 0.3) is 0 Å². The molecule has 170 valence electrons. The fourth-order valence-electron chi connectivity index (χ4n) is 2.66. The van der Waals surface area contributed by atoms with Crippen LogP contribution in [-0.4, -0.2) is 24.6 Å². The number of carbonyl (C=O) groups is 2. The van der Waals surface area contributed by atoms with Gasteiger partial charge in [-0.15, -0.1) is 0 Å². The molecule has 0 heterocycles. The highest BCUT2D eigenvalue weighted by Gasteiger charge is 2.30. The molecular formula is C23H17ClF3N3O3. The summed E-state index contributed by atoms with van der Waals surface area (Å²) in [7, 11) is 0. The number of halogens is 4.